The molecule has 2 heterocycles. The number of thiazole rings is 1. The van der Waals surface area contributed by atoms with E-state index in [0.29, 0.717) is 12.3 Å². The lowest BCUT2D eigenvalue weighted by Gasteiger charge is -2.17. The number of aromatic nitrogens is 1. The minimum atomic E-state index is -0.283. The Balaban J connectivity index is 1.44. The Kier molecular flexibility index (Phi) is 7.11. The van der Waals surface area contributed by atoms with Crippen LogP contribution in [0.5, 0.6) is 0 Å². The molecule has 1 aliphatic heterocycles. The molecule has 0 saturated carbocycles. The highest BCUT2D eigenvalue weighted by Crippen LogP contribution is 2.24. The fraction of sp³-hybridized carbons (Fsp3) is 0.421. The predicted molar refractivity (Wildman–Crippen MR) is 110 cm³/mol. The van der Waals surface area contributed by atoms with Gasteiger partial charge in [0.25, 0.3) is 0 Å². The normalized spacial score (nSPS) is 13.6. The van der Waals surface area contributed by atoms with Crippen molar-refractivity contribution in [2.75, 3.05) is 35.7 Å². The van der Waals surface area contributed by atoms with E-state index < -0.39 is 0 Å². The Hall–Kier alpha value is -2.06. The maximum atomic E-state index is 12.2. The van der Waals surface area contributed by atoms with Crippen molar-refractivity contribution in [2.45, 2.75) is 30.5 Å². The van der Waals surface area contributed by atoms with Gasteiger partial charge in [0.2, 0.25) is 5.91 Å². The lowest BCUT2D eigenvalue weighted by Crippen LogP contribution is -2.18. The van der Waals surface area contributed by atoms with Crippen LogP contribution in [-0.4, -0.2) is 42.3 Å². The van der Waals surface area contributed by atoms with Crippen molar-refractivity contribution in [3.05, 3.63) is 35.3 Å². The topological polar surface area (TPSA) is 71.5 Å². The second kappa shape index (κ2) is 9.75. The molecule has 0 bridgehead atoms. The van der Waals surface area contributed by atoms with E-state index in [2.05, 4.69) is 27.3 Å². The summed E-state index contributed by atoms with van der Waals surface area (Å²) < 4.78 is 5.68. The van der Waals surface area contributed by atoms with Gasteiger partial charge in [0.1, 0.15) is 0 Å². The number of hydrogen-bond acceptors (Lipinski definition) is 7. The molecule has 1 aromatic heterocycles. The Morgan fingerprint density at radius 3 is 2.70 bits per heavy atom. The molecular formula is C19H23N3O3S2. The first-order chi connectivity index (χ1) is 13.1. The molecule has 0 spiro atoms. The molecule has 6 nitrogen and oxygen atoms in total. The van der Waals surface area contributed by atoms with Gasteiger partial charge in [-0.1, -0.05) is 11.8 Å². The highest BCUT2D eigenvalue weighted by molar-refractivity contribution is 8.01. The average Bonchev–Trinajstić information content (AvgIpc) is 3.33. The van der Waals surface area contributed by atoms with E-state index in [1.807, 2.05) is 17.5 Å². The number of nitrogens with one attached hydrogen (secondary N) is 1. The predicted octanol–water partition coefficient (Wildman–Crippen LogP) is 3.58. The van der Waals surface area contributed by atoms with Gasteiger partial charge in [-0.05, 0) is 44.0 Å². The zero-order chi connectivity index (χ0) is 19.1. The monoisotopic (exact) mass is 405 g/mol. The second-order valence-corrected chi connectivity index (χ2v) is 8.24. The van der Waals surface area contributed by atoms with Crippen molar-refractivity contribution in [3.8, 4) is 0 Å². The molecule has 8 heteroatoms. The molecular weight excluding hydrogens is 382 g/mol. The molecule has 1 aliphatic rings. The van der Waals surface area contributed by atoms with E-state index in [-0.39, 0.29) is 24.1 Å². The fourth-order valence-corrected chi connectivity index (χ4v) is 4.50. The summed E-state index contributed by atoms with van der Waals surface area (Å²) in [6.07, 6.45) is 2.66. The van der Waals surface area contributed by atoms with E-state index in [4.69, 9.17) is 4.74 Å². The smallest absolute Gasteiger partial charge is 0.311 e. The maximum Gasteiger partial charge on any atom is 0.311 e. The van der Waals surface area contributed by atoms with Crippen LogP contribution in [0.3, 0.4) is 0 Å². The summed E-state index contributed by atoms with van der Waals surface area (Å²) in [5.74, 6) is -0.0780. The molecule has 1 amide bonds. The van der Waals surface area contributed by atoms with Crippen LogP contribution >= 0.6 is 23.1 Å². The number of benzene rings is 1. The minimum Gasteiger partial charge on any atom is -0.466 e. The van der Waals surface area contributed by atoms with E-state index in [0.717, 1.165) is 23.1 Å². The van der Waals surface area contributed by atoms with Crippen molar-refractivity contribution in [3.63, 3.8) is 0 Å². The first-order valence-corrected chi connectivity index (χ1v) is 10.9. The Morgan fingerprint density at radius 2 is 2.00 bits per heavy atom. The maximum absolute atomic E-state index is 12.2. The molecule has 0 aliphatic carbocycles. The fourth-order valence-electron chi connectivity index (χ4n) is 2.85. The molecule has 0 radical (unpaired) electrons. The number of hydrogen-bond donors (Lipinski definition) is 1. The van der Waals surface area contributed by atoms with Crippen molar-refractivity contribution < 1.29 is 14.3 Å². The van der Waals surface area contributed by atoms with Crippen LogP contribution in [0, 0.1) is 0 Å². The SMILES string of the molecule is CCOC(=O)Cc1csc(SCC(=O)Nc2ccc(N3CCCC3)cc2)n1. The minimum absolute atomic E-state index is 0.0731. The lowest BCUT2D eigenvalue weighted by atomic mass is 10.2. The molecule has 0 atom stereocenters. The third kappa shape index (κ3) is 5.97. The van der Waals surface area contributed by atoms with E-state index in [9.17, 15) is 9.59 Å². The van der Waals surface area contributed by atoms with Gasteiger partial charge in [0, 0.05) is 29.8 Å². The van der Waals surface area contributed by atoms with Gasteiger partial charge in [-0.25, -0.2) is 4.98 Å². The molecule has 2 aromatic rings. The van der Waals surface area contributed by atoms with Gasteiger partial charge in [-0.2, -0.15) is 0 Å². The van der Waals surface area contributed by atoms with Gasteiger partial charge in [0.15, 0.2) is 4.34 Å². The Labute approximate surface area is 167 Å². The van der Waals surface area contributed by atoms with Crippen molar-refractivity contribution in [1.82, 2.24) is 4.98 Å². The van der Waals surface area contributed by atoms with Gasteiger partial charge >= 0.3 is 5.97 Å². The Morgan fingerprint density at radius 1 is 1.26 bits per heavy atom. The quantitative estimate of drug-likeness (QED) is 0.535. The van der Waals surface area contributed by atoms with Crippen LogP contribution < -0.4 is 10.2 Å². The third-order valence-electron chi connectivity index (χ3n) is 4.11. The van der Waals surface area contributed by atoms with Crippen molar-refractivity contribution >= 4 is 46.3 Å². The zero-order valence-corrected chi connectivity index (χ0v) is 16.9. The second-order valence-electron chi connectivity index (χ2n) is 6.16. The summed E-state index contributed by atoms with van der Waals surface area (Å²) in [4.78, 5) is 30.3. The number of rotatable bonds is 8. The van der Waals surface area contributed by atoms with Crippen LogP contribution in [0.4, 0.5) is 11.4 Å². The first-order valence-electron chi connectivity index (χ1n) is 9.01. The largest absolute Gasteiger partial charge is 0.466 e. The summed E-state index contributed by atoms with van der Waals surface area (Å²) in [5.41, 5.74) is 2.68. The number of amides is 1. The lowest BCUT2D eigenvalue weighted by molar-refractivity contribution is -0.142. The van der Waals surface area contributed by atoms with E-state index >= 15 is 0 Å². The molecule has 1 N–H and O–H groups in total. The number of esters is 1. The van der Waals surface area contributed by atoms with Gasteiger partial charge in [0.05, 0.1) is 24.5 Å². The highest BCUT2D eigenvalue weighted by Gasteiger charge is 2.13. The van der Waals surface area contributed by atoms with Crippen LogP contribution in [0.15, 0.2) is 34.0 Å². The summed E-state index contributed by atoms with van der Waals surface area (Å²) in [6.45, 7) is 4.35. The van der Waals surface area contributed by atoms with Crippen LogP contribution in [0.1, 0.15) is 25.5 Å². The molecule has 1 aromatic carbocycles. The van der Waals surface area contributed by atoms with Crippen molar-refractivity contribution in [1.29, 1.82) is 0 Å². The van der Waals surface area contributed by atoms with Gasteiger partial charge in [-0.3, -0.25) is 9.59 Å². The van der Waals surface area contributed by atoms with E-state index in [1.165, 1.54) is 41.6 Å². The average molecular weight is 406 g/mol. The molecule has 0 unspecified atom stereocenters. The van der Waals surface area contributed by atoms with Gasteiger partial charge < -0.3 is 15.0 Å². The van der Waals surface area contributed by atoms with Crippen molar-refractivity contribution in [2.24, 2.45) is 0 Å². The molecule has 144 valence electrons. The van der Waals surface area contributed by atoms with Crippen LogP contribution in [0.2, 0.25) is 0 Å². The number of thioether (sulfide) groups is 1. The number of ether oxygens (including phenoxy) is 1. The molecule has 1 saturated heterocycles. The third-order valence-corrected chi connectivity index (χ3v) is 6.18. The first kappa shape index (κ1) is 19.7. The molecule has 1 fully saturated rings. The highest BCUT2D eigenvalue weighted by atomic mass is 32.2. The number of carbonyl (C=O) groups excluding carboxylic acids is 2. The summed E-state index contributed by atoms with van der Waals surface area (Å²) in [5, 5.41) is 4.74. The van der Waals surface area contributed by atoms with Gasteiger partial charge in [-0.15, -0.1) is 11.3 Å². The number of carbonyl (C=O) groups is 2. The summed E-state index contributed by atoms with van der Waals surface area (Å²) in [6, 6.07) is 7.99. The Bertz CT molecular complexity index is 771. The summed E-state index contributed by atoms with van der Waals surface area (Å²) >= 11 is 2.80. The van der Waals surface area contributed by atoms with Crippen LogP contribution in [0.25, 0.3) is 0 Å². The zero-order valence-electron chi connectivity index (χ0n) is 15.3. The standard InChI is InChI=1S/C19H23N3O3S2/c1-2-25-18(24)11-15-12-26-19(21-15)27-13-17(23)20-14-5-7-16(8-6-14)22-9-3-4-10-22/h5-8,12H,2-4,9-11,13H2,1H3,(H,20,23). The van der Waals surface area contributed by atoms with Crippen LogP contribution in [-0.2, 0) is 20.7 Å². The number of nitrogens with zero attached hydrogens (tertiary/aromatic N) is 2. The number of anilines is 2. The summed E-state index contributed by atoms with van der Waals surface area (Å²) in [7, 11) is 0. The molecule has 3 rings (SSSR count). The molecule has 27 heavy (non-hydrogen) atoms. The van der Waals surface area contributed by atoms with E-state index in [1.54, 1.807) is 6.92 Å².